The number of ether oxygens (including phenoxy) is 2. The van der Waals surface area contributed by atoms with E-state index in [4.69, 9.17) is 9.47 Å². The van der Waals surface area contributed by atoms with Gasteiger partial charge in [-0.05, 0) is 38.5 Å². The molecule has 22 heavy (non-hydrogen) atoms. The summed E-state index contributed by atoms with van der Waals surface area (Å²) < 4.78 is 10.8. The summed E-state index contributed by atoms with van der Waals surface area (Å²) in [6.45, 7) is 0. The Morgan fingerprint density at radius 3 is 1.59 bits per heavy atom. The van der Waals surface area contributed by atoms with Crippen LogP contribution in [0, 0.1) is 0 Å². The fraction of sp³-hybridized carbons (Fsp3) is 0.667. The Kier molecular flexibility index (Phi) is 7.20. The molecule has 2 aliphatic carbocycles. The summed E-state index contributed by atoms with van der Waals surface area (Å²) in [4.78, 5) is 23.4. The summed E-state index contributed by atoms with van der Waals surface area (Å²) in [5.74, 6) is -0.294. The second-order valence-electron chi connectivity index (χ2n) is 6.00. The molecule has 0 fully saturated rings. The van der Waals surface area contributed by atoms with Gasteiger partial charge in [0.25, 0.3) is 0 Å². The van der Waals surface area contributed by atoms with Gasteiger partial charge in [-0.25, -0.2) is 0 Å². The minimum Gasteiger partial charge on any atom is -0.462 e. The largest absolute Gasteiger partial charge is 0.462 e. The molecule has 0 N–H and O–H groups in total. The van der Waals surface area contributed by atoms with Crippen LogP contribution in [0.1, 0.15) is 64.2 Å². The van der Waals surface area contributed by atoms with E-state index >= 15 is 0 Å². The van der Waals surface area contributed by atoms with Crippen molar-refractivity contribution in [2.45, 2.75) is 76.4 Å². The lowest BCUT2D eigenvalue weighted by Gasteiger charge is -2.19. The van der Waals surface area contributed by atoms with Crippen molar-refractivity contribution in [3.63, 3.8) is 0 Å². The number of hydrogen-bond donors (Lipinski definition) is 0. The van der Waals surface area contributed by atoms with Crippen LogP contribution in [0.25, 0.3) is 0 Å². The first-order valence-corrected chi connectivity index (χ1v) is 8.43. The molecule has 0 bridgehead atoms. The van der Waals surface area contributed by atoms with Gasteiger partial charge in [0.1, 0.15) is 12.2 Å². The highest BCUT2D eigenvalue weighted by molar-refractivity contribution is 5.70. The van der Waals surface area contributed by atoms with E-state index < -0.39 is 0 Å². The van der Waals surface area contributed by atoms with Crippen molar-refractivity contribution in [3.05, 3.63) is 24.3 Å². The highest BCUT2D eigenvalue weighted by Gasteiger charge is 2.16. The molecule has 0 aromatic carbocycles. The van der Waals surface area contributed by atoms with Crippen LogP contribution in [0.15, 0.2) is 24.3 Å². The molecule has 2 atom stereocenters. The number of hydrogen-bond acceptors (Lipinski definition) is 4. The molecule has 0 saturated carbocycles. The van der Waals surface area contributed by atoms with Gasteiger partial charge in [-0.3, -0.25) is 9.59 Å². The van der Waals surface area contributed by atoms with Crippen LogP contribution < -0.4 is 0 Å². The lowest BCUT2D eigenvalue weighted by atomic mass is 10.0. The minimum absolute atomic E-state index is 0.0434. The maximum atomic E-state index is 11.7. The molecule has 122 valence electrons. The van der Waals surface area contributed by atoms with Crippen molar-refractivity contribution >= 4 is 11.9 Å². The Hall–Kier alpha value is -1.58. The number of carbonyl (C=O) groups excluding carboxylic acids is 2. The topological polar surface area (TPSA) is 52.6 Å². The molecule has 4 heteroatoms. The van der Waals surface area contributed by atoms with Gasteiger partial charge >= 0.3 is 11.9 Å². The molecule has 0 aromatic heterocycles. The predicted molar refractivity (Wildman–Crippen MR) is 84.2 cm³/mol. The second kappa shape index (κ2) is 9.44. The Labute approximate surface area is 132 Å². The lowest BCUT2D eigenvalue weighted by molar-refractivity contribution is -0.151. The van der Waals surface area contributed by atoms with Crippen LogP contribution in [0.3, 0.4) is 0 Å². The fourth-order valence-corrected chi connectivity index (χ4v) is 2.77. The summed E-state index contributed by atoms with van der Waals surface area (Å²) in [6.07, 6.45) is 16.1. The van der Waals surface area contributed by atoms with Gasteiger partial charge < -0.3 is 9.47 Å². The van der Waals surface area contributed by atoms with Crippen molar-refractivity contribution < 1.29 is 19.1 Å². The predicted octanol–water partition coefficient (Wildman–Crippen LogP) is 3.85. The maximum Gasteiger partial charge on any atom is 0.306 e. The summed E-state index contributed by atoms with van der Waals surface area (Å²) in [5.41, 5.74) is 0. The van der Waals surface area contributed by atoms with Gasteiger partial charge in [-0.15, -0.1) is 0 Å². The first-order chi connectivity index (χ1) is 10.7. The highest BCUT2D eigenvalue weighted by atomic mass is 16.5. The molecule has 4 nitrogen and oxygen atoms in total. The number of unbranched alkanes of at least 4 members (excludes halogenated alkanes) is 1. The van der Waals surface area contributed by atoms with Gasteiger partial charge in [0.15, 0.2) is 0 Å². The van der Waals surface area contributed by atoms with E-state index in [0.29, 0.717) is 25.7 Å². The third-order valence-electron chi connectivity index (χ3n) is 4.05. The van der Waals surface area contributed by atoms with Crippen LogP contribution >= 0.6 is 0 Å². The normalized spacial score (nSPS) is 24.0. The standard InChI is InChI=1S/C18H26O4/c19-17(21-15-9-3-1-4-10-15)13-7-8-14-18(20)22-16-11-5-2-6-12-16/h1-3,5,15-16H,4,6-14H2. The van der Waals surface area contributed by atoms with Gasteiger partial charge in [-0.1, -0.05) is 24.3 Å². The molecule has 0 heterocycles. The summed E-state index contributed by atoms with van der Waals surface area (Å²) >= 11 is 0. The summed E-state index contributed by atoms with van der Waals surface area (Å²) in [5, 5.41) is 0. The molecule has 0 radical (unpaired) electrons. The third-order valence-corrected chi connectivity index (χ3v) is 4.05. The second-order valence-corrected chi connectivity index (χ2v) is 6.00. The van der Waals surface area contributed by atoms with Crippen molar-refractivity contribution in [1.82, 2.24) is 0 Å². The smallest absolute Gasteiger partial charge is 0.306 e. The molecule has 0 amide bonds. The van der Waals surface area contributed by atoms with Gasteiger partial charge in [-0.2, -0.15) is 0 Å². The summed E-state index contributed by atoms with van der Waals surface area (Å²) in [6, 6.07) is 0. The number of esters is 2. The van der Waals surface area contributed by atoms with E-state index in [1.807, 2.05) is 0 Å². The van der Waals surface area contributed by atoms with E-state index in [1.54, 1.807) is 0 Å². The molecule has 0 saturated heterocycles. The Morgan fingerprint density at radius 2 is 1.23 bits per heavy atom. The van der Waals surface area contributed by atoms with E-state index in [-0.39, 0.29) is 24.1 Å². The Bertz CT molecular complexity index is 385. The van der Waals surface area contributed by atoms with Crippen molar-refractivity contribution in [3.8, 4) is 0 Å². The SMILES string of the molecule is O=C(CCCCC(=O)OC1CC=CCC1)OC1CC=CCC1. The molecule has 0 spiro atoms. The molecular formula is C18H26O4. The number of rotatable bonds is 7. The van der Waals surface area contributed by atoms with Crippen molar-refractivity contribution in [2.24, 2.45) is 0 Å². The van der Waals surface area contributed by atoms with E-state index in [9.17, 15) is 9.59 Å². The van der Waals surface area contributed by atoms with E-state index in [0.717, 1.165) is 38.5 Å². The Balaban J connectivity index is 1.50. The molecular weight excluding hydrogens is 280 g/mol. The zero-order valence-corrected chi connectivity index (χ0v) is 13.2. The van der Waals surface area contributed by atoms with Crippen LogP contribution in [-0.2, 0) is 19.1 Å². The number of carbonyl (C=O) groups is 2. The van der Waals surface area contributed by atoms with E-state index in [2.05, 4.69) is 24.3 Å². The quantitative estimate of drug-likeness (QED) is 0.407. The molecule has 2 aliphatic rings. The first kappa shape index (κ1) is 16.8. The van der Waals surface area contributed by atoms with Gasteiger partial charge in [0, 0.05) is 25.7 Å². The monoisotopic (exact) mass is 306 g/mol. The van der Waals surface area contributed by atoms with Crippen LogP contribution in [-0.4, -0.2) is 24.1 Å². The zero-order valence-electron chi connectivity index (χ0n) is 13.2. The minimum atomic E-state index is -0.147. The molecule has 0 aromatic rings. The van der Waals surface area contributed by atoms with Gasteiger partial charge in [0.2, 0.25) is 0 Å². The maximum absolute atomic E-state index is 11.7. The molecule has 2 unspecified atom stereocenters. The van der Waals surface area contributed by atoms with Gasteiger partial charge in [0.05, 0.1) is 0 Å². The molecule has 2 rings (SSSR count). The van der Waals surface area contributed by atoms with Crippen molar-refractivity contribution in [1.29, 1.82) is 0 Å². The zero-order chi connectivity index (χ0) is 15.6. The van der Waals surface area contributed by atoms with Crippen LogP contribution in [0.4, 0.5) is 0 Å². The number of allylic oxidation sites excluding steroid dienone is 2. The fourth-order valence-electron chi connectivity index (χ4n) is 2.77. The van der Waals surface area contributed by atoms with Crippen LogP contribution in [0.5, 0.6) is 0 Å². The van der Waals surface area contributed by atoms with Crippen LogP contribution in [0.2, 0.25) is 0 Å². The third kappa shape index (κ3) is 6.46. The first-order valence-electron chi connectivity index (χ1n) is 8.43. The molecule has 0 aliphatic heterocycles. The van der Waals surface area contributed by atoms with E-state index in [1.165, 1.54) is 0 Å². The average molecular weight is 306 g/mol. The summed E-state index contributed by atoms with van der Waals surface area (Å²) in [7, 11) is 0. The lowest BCUT2D eigenvalue weighted by Crippen LogP contribution is -2.19. The van der Waals surface area contributed by atoms with Crippen molar-refractivity contribution in [2.75, 3.05) is 0 Å². The average Bonchev–Trinajstić information content (AvgIpc) is 2.53. The Morgan fingerprint density at radius 1 is 0.773 bits per heavy atom. The highest BCUT2D eigenvalue weighted by Crippen LogP contribution is 2.17.